The average Bonchev–Trinajstić information content (AvgIpc) is 2.90. The van der Waals surface area contributed by atoms with E-state index in [2.05, 4.69) is 33.7 Å². The van der Waals surface area contributed by atoms with Crippen molar-refractivity contribution in [3.8, 4) is 0 Å². The summed E-state index contributed by atoms with van der Waals surface area (Å²) in [5.74, 6) is 0.0912. The second-order valence-corrected chi connectivity index (χ2v) is 5.88. The van der Waals surface area contributed by atoms with Crippen LogP contribution in [0.1, 0.15) is 30.9 Å². The minimum Gasteiger partial charge on any atom is -0.384 e. The topological polar surface area (TPSA) is 44.4 Å². The Bertz CT molecular complexity index is 492. The number of piperidine rings is 1. The van der Waals surface area contributed by atoms with Gasteiger partial charge in [0.25, 0.3) is 0 Å². The molecule has 0 aromatic heterocycles. The van der Waals surface area contributed by atoms with Crippen LogP contribution in [0.3, 0.4) is 0 Å². The number of rotatable bonds is 3. The molecule has 0 bridgehead atoms. The lowest BCUT2D eigenvalue weighted by Crippen LogP contribution is -2.43. The van der Waals surface area contributed by atoms with Crippen molar-refractivity contribution >= 4 is 11.6 Å². The second kappa shape index (κ2) is 5.83. The van der Waals surface area contributed by atoms with Crippen LogP contribution in [-0.2, 0) is 17.8 Å². The lowest BCUT2D eigenvalue weighted by atomic mass is 10.0. The van der Waals surface area contributed by atoms with Gasteiger partial charge in [0.15, 0.2) is 0 Å². The Labute approximate surface area is 120 Å². The maximum Gasteiger partial charge on any atom is 0.217 e. The fraction of sp³-hybridized carbons (Fsp3) is 0.562. The Hall–Kier alpha value is -1.55. The Morgan fingerprint density at radius 2 is 2.20 bits per heavy atom. The first-order chi connectivity index (χ1) is 9.72. The number of carbonyl (C=O) groups is 1. The van der Waals surface area contributed by atoms with Gasteiger partial charge >= 0.3 is 0 Å². The molecule has 1 aromatic rings. The first-order valence-electron chi connectivity index (χ1n) is 7.56. The fourth-order valence-electron chi connectivity index (χ4n) is 3.31. The summed E-state index contributed by atoms with van der Waals surface area (Å²) in [5, 5.41) is 6.54. The van der Waals surface area contributed by atoms with Gasteiger partial charge < -0.3 is 10.6 Å². The summed E-state index contributed by atoms with van der Waals surface area (Å²) in [6, 6.07) is 6.99. The minimum atomic E-state index is 0.0912. The molecule has 2 aliphatic heterocycles. The zero-order valence-electron chi connectivity index (χ0n) is 12.1. The van der Waals surface area contributed by atoms with Crippen molar-refractivity contribution in [2.45, 2.75) is 38.8 Å². The normalized spacial score (nSPS) is 19.4. The lowest BCUT2D eigenvalue weighted by Gasteiger charge is -2.32. The van der Waals surface area contributed by atoms with E-state index in [0.29, 0.717) is 6.04 Å². The molecule has 20 heavy (non-hydrogen) atoms. The SMILES string of the molecule is CC(=O)NC1CCN(Cc2cccc3c2NCC3)CC1. The van der Waals surface area contributed by atoms with E-state index in [1.165, 1.54) is 16.8 Å². The van der Waals surface area contributed by atoms with Crippen LogP contribution in [0.2, 0.25) is 0 Å². The zero-order chi connectivity index (χ0) is 13.9. The fourth-order valence-corrected chi connectivity index (χ4v) is 3.31. The van der Waals surface area contributed by atoms with Crippen molar-refractivity contribution in [1.29, 1.82) is 0 Å². The molecule has 0 saturated carbocycles. The number of nitrogens with one attached hydrogen (secondary N) is 2. The van der Waals surface area contributed by atoms with Crippen LogP contribution in [-0.4, -0.2) is 36.5 Å². The van der Waals surface area contributed by atoms with E-state index >= 15 is 0 Å². The summed E-state index contributed by atoms with van der Waals surface area (Å²) in [6.07, 6.45) is 3.26. The quantitative estimate of drug-likeness (QED) is 0.882. The van der Waals surface area contributed by atoms with Gasteiger partial charge in [0.2, 0.25) is 5.91 Å². The second-order valence-electron chi connectivity index (χ2n) is 5.88. The van der Waals surface area contributed by atoms with Gasteiger partial charge in [0.1, 0.15) is 0 Å². The summed E-state index contributed by atoms with van der Waals surface area (Å²) < 4.78 is 0. The third-order valence-electron chi connectivity index (χ3n) is 4.32. The van der Waals surface area contributed by atoms with Crippen LogP contribution in [0.5, 0.6) is 0 Å². The Balaban J connectivity index is 1.58. The van der Waals surface area contributed by atoms with Gasteiger partial charge in [-0.3, -0.25) is 9.69 Å². The maximum absolute atomic E-state index is 11.1. The van der Waals surface area contributed by atoms with Crippen molar-refractivity contribution in [2.24, 2.45) is 0 Å². The van der Waals surface area contributed by atoms with E-state index < -0.39 is 0 Å². The molecule has 4 nitrogen and oxygen atoms in total. The number of fused-ring (bicyclic) bond motifs is 1. The standard InChI is InChI=1S/C16H23N3O/c1-12(20)18-15-6-9-19(10-7-15)11-14-4-2-3-13-5-8-17-16(13)14/h2-4,15,17H,5-11H2,1H3,(H,18,20). The van der Waals surface area contributed by atoms with Crippen molar-refractivity contribution in [3.05, 3.63) is 29.3 Å². The molecule has 1 fully saturated rings. The van der Waals surface area contributed by atoms with Crippen molar-refractivity contribution in [2.75, 3.05) is 25.0 Å². The Morgan fingerprint density at radius 1 is 1.40 bits per heavy atom. The largest absolute Gasteiger partial charge is 0.384 e. The first-order valence-corrected chi connectivity index (χ1v) is 7.56. The molecule has 0 aliphatic carbocycles. The van der Waals surface area contributed by atoms with Gasteiger partial charge in [-0.2, -0.15) is 0 Å². The van der Waals surface area contributed by atoms with Crippen LogP contribution >= 0.6 is 0 Å². The van der Waals surface area contributed by atoms with Gasteiger partial charge in [-0.1, -0.05) is 18.2 Å². The smallest absolute Gasteiger partial charge is 0.217 e. The minimum absolute atomic E-state index is 0.0912. The summed E-state index contributed by atoms with van der Waals surface area (Å²) in [5.41, 5.74) is 4.23. The van der Waals surface area contributed by atoms with Gasteiger partial charge in [-0.25, -0.2) is 0 Å². The maximum atomic E-state index is 11.1. The zero-order valence-corrected chi connectivity index (χ0v) is 12.1. The van der Waals surface area contributed by atoms with Crippen LogP contribution in [0.15, 0.2) is 18.2 Å². The monoisotopic (exact) mass is 273 g/mol. The number of likely N-dealkylation sites (tertiary alicyclic amines) is 1. The summed E-state index contributed by atoms with van der Waals surface area (Å²) in [4.78, 5) is 13.6. The van der Waals surface area contributed by atoms with E-state index in [1.807, 2.05) is 0 Å². The van der Waals surface area contributed by atoms with Gasteiger partial charge in [0, 0.05) is 44.8 Å². The molecule has 1 amide bonds. The molecule has 2 N–H and O–H groups in total. The molecule has 108 valence electrons. The van der Waals surface area contributed by atoms with E-state index in [1.54, 1.807) is 6.92 Å². The van der Waals surface area contributed by atoms with Gasteiger partial charge in [-0.05, 0) is 30.4 Å². The Kier molecular flexibility index (Phi) is 3.92. The number of benzene rings is 1. The molecule has 1 saturated heterocycles. The van der Waals surface area contributed by atoms with E-state index in [-0.39, 0.29) is 5.91 Å². The van der Waals surface area contributed by atoms with E-state index in [0.717, 1.165) is 45.4 Å². The van der Waals surface area contributed by atoms with E-state index in [4.69, 9.17) is 0 Å². The summed E-state index contributed by atoms with van der Waals surface area (Å²) in [7, 11) is 0. The molecule has 0 radical (unpaired) electrons. The number of para-hydroxylation sites is 1. The molecule has 0 atom stereocenters. The molecule has 0 unspecified atom stereocenters. The van der Waals surface area contributed by atoms with Crippen molar-refractivity contribution in [3.63, 3.8) is 0 Å². The third kappa shape index (κ3) is 2.96. The van der Waals surface area contributed by atoms with Crippen LogP contribution < -0.4 is 10.6 Å². The first kappa shape index (κ1) is 13.4. The number of anilines is 1. The number of hydrogen-bond acceptors (Lipinski definition) is 3. The molecule has 2 heterocycles. The predicted molar refractivity (Wildman–Crippen MR) is 80.8 cm³/mol. The molecule has 4 heteroatoms. The van der Waals surface area contributed by atoms with Crippen LogP contribution in [0, 0.1) is 0 Å². The molecular weight excluding hydrogens is 250 g/mol. The molecule has 1 aromatic carbocycles. The van der Waals surface area contributed by atoms with Gasteiger partial charge in [-0.15, -0.1) is 0 Å². The molecule has 2 aliphatic rings. The number of nitrogens with zero attached hydrogens (tertiary/aromatic N) is 1. The highest BCUT2D eigenvalue weighted by molar-refractivity contribution is 5.73. The number of amides is 1. The highest BCUT2D eigenvalue weighted by Gasteiger charge is 2.21. The highest BCUT2D eigenvalue weighted by Crippen LogP contribution is 2.28. The third-order valence-corrected chi connectivity index (χ3v) is 4.32. The van der Waals surface area contributed by atoms with Crippen LogP contribution in [0.25, 0.3) is 0 Å². The van der Waals surface area contributed by atoms with E-state index in [9.17, 15) is 4.79 Å². The Morgan fingerprint density at radius 3 is 2.95 bits per heavy atom. The summed E-state index contributed by atoms with van der Waals surface area (Å²) in [6.45, 7) is 5.81. The lowest BCUT2D eigenvalue weighted by molar-refractivity contribution is -0.119. The van der Waals surface area contributed by atoms with Gasteiger partial charge in [0.05, 0.1) is 0 Å². The summed E-state index contributed by atoms with van der Waals surface area (Å²) >= 11 is 0. The highest BCUT2D eigenvalue weighted by atomic mass is 16.1. The number of hydrogen-bond donors (Lipinski definition) is 2. The van der Waals surface area contributed by atoms with Crippen molar-refractivity contribution in [1.82, 2.24) is 10.2 Å². The predicted octanol–water partition coefficient (Wildman–Crippen LogP) is 1.76. The number of carbonyl (C=O) groups excluding carboxylic acids is 1. The van der Waals surface area contributed by atoms with Crippen LogP contribution in [0.4, 0.5) is 5.69 Å². The average molecular weight is 273 g/mol. The molecular formula is C16H23N3O. The molecule has 0 spiro atoms. The molecule has 3 rings (SSSR count). The van der Waals surface area contributed by atoms with Crippen molar-refractivity contribution < 1.29 is 4.79 Å².